The number of allylic oxidation sites excluding steroid dienone is 3. The standard InChI is InChI=1S/C16H16N2O2/c1-11(2)14(16(20)17-13-9-5-6-10-13)18-15(19)12-7-3-4-8-12/h3-7,9,11,14H,1-2H3,(H,17,20)(H,18,19)/t14-/m0/s1. The van der Waals surface area contributed by atoms with E-state index >= 15 is 0 Å². The van der Waals surface area contributed by atoms with Gasteiger partial charge in [-0.05, 0) is 30.2 Å². The van der Waals surface area contributed by atoms with Crippen LogP contribution in [0.2, 0.25) is 0 Å². The van der Waals surface area contributed by atoms with E-state index in [1.807, 2.05) is 13.8 Å². The summed E-state index contributed by atoms with van der Waals surface area (Å²) >= 11 is 0. The smallest absolute Gasteiger partial charge is 0.259 e. The van der Waals surface area contributed by atoms with Crippen LogP contribution in [0.25, 0.3) is 0 Å². The third kappa shape index (κ3) is 3.27. The third-order valence-electron chi connectivity index (χ3n) is 2.93. The van der Waals surface area contributed by atoms with E-state index in [9.17, 15) is 9.59 Å². The highest BCUT2D eigenvalue weighted by Crippen LogP contribution is 2.08. The molecule has 0 fully saturated rings. The lowest BCUT2D eigenvalue weighted by molar-refractivity contribution is -0.127. The second kappa shape index (κ2) is 6.07. The number of amides is 2. The van der Waals surface area contributed by atoms with Crippen molar-refractivity contribution in [3.63, 3.8) is 0 Å². The fourth-order valence-corrected chi connectivity index (χ4v) is 1.84. The summed E-state index contributed by atoms with van der Waals surface area (Å²) < 4.78 is 0. The van der Waals surface area contributed by atoms with Gasteiger partial charge in [-0.25, -0.2) is 0 Å². The fraction of sp³-hybridized carbons (Fsp3) is 0.250. The lowest BCUT2D eigenvalue weighted by atomic mass is 10.0. The first-order valence-electron chi connectivity index (χ1n) is 6.46. The summed E-state index contributed by atoms with van der Waals surface area (Å²) in [4.78, 5) is 24.2. The van der Waals surface area contributed by atoms with E-state index in [1.54, 1.807) is 36.5 Å². The number of carbonyl (C=O) groups is 2. The number of nitrogens with one attached hydrogen (secondary N) is 2. The van der Waals surface area contributed by atoms with Crippen molar-refractivity contribution in [2.24, 2.45) is 5.92 Å². The molecule has 0 heterocycles. The summed E-state index contributed by atoms with van der Waals surface area (Å²) in [7, 11) is 0. The highest BCUT2D eigenvalue weighted by atomic mass is 16.2. The van der Waals surface area contributed by atoms with Crippen LogP contribution in [0.15, 0.2) is 59.2 Å². The zero-order valence-corrected chi connectivity index (χ0v) is 11.4. The molecule has 0 aromatic heterocycles. The van der Waals surface area contributed by atoms with Gasteiger partial charge < -0.3 is 10.6 Å². The predicted octanol–water partition coefficient (Wildman–Crippen LogP) is 1.50. The topological polar surface area (TPSA) is 58.2 Å². The van der Waals surface area contributed by atoms with Gasteiger partial charge in [-0.15, -0.1) is 5.73 Å². The van der Waals surface area contributed by atoms with Crippen LogP contribution in [-0.4, -0.2) is 17.9 Å². The van der Waals surface area contributed by atoms with Gasteiger partial charge >= 0.3 is 0 Å². The van der Waals surface area contributed by atoms with Crippen LogP contribution >= 0.6 is 0 Å². The molecule has 0 radical (unpaired) electrons. The molecule has 0 saturated heterocycles. The highest BCUT2D eigenvalue weighted by Gasteiger charge is 2.25. The van der Waals surface area contributed by atoms with Crippen molar-refractivity contribution in [3.8, 4) is 0 Å². The summed E-state index contributed by atoms with van der Waals surface area (Å²) in [6.45, 7) is 3.77. The van der Waals surface area contributed by atoms with Crippen LogP contribution in [-0.2, 0) is 9.59 Å². The molecule has 2 aliphatic rings. The number of hydrogen-bond donors (Lipinski definition) is 2. The first-order valence-corrected chi connectivity index (χ1v) is 6.46. The molecule has 0 aromatic rings. The zero-order chi connectivity index (χ0) is 14.5. The molecule has 1 atom stereocenters. The maximum Gasteiger partial charge on any atom is 0.259 e. The second-order valence-corrected chi connectivity index (χ2v) is 4.85. The van der Waals surface area contributed by atoms with Crippen LogP contribution in [0.4, 0.5) is 0 Å². The van der Waals surface area contributed by atoms with Gasteiger partial charge in [0.2, 0.25) is 5.91 Å². The summed E-state index contributed by atoms with van der Waals surface area (Å²) in [5, 5.41) is 5.47. The Hall–Kier alpha value is -2.54. The van der Waals surface area contributed by atoms with Gasteiger partial charge in [0.1, 0.15) is 6.04 Å². The molecule has 2 rings (SSSR count). The van der Waals surface area contributed by atoms with Crippen molar-refractivity contribution in [1.29, 1.82) is 0 Å². The highest BCUT2D eigenvalue weighted by molar-refractivity contribution is 5.99. The normalized spacial score (nSPS) is 16.4. The Bertz CT molecular complexity index is 623. The van der Waals surface area contributed by atoms with Gasteiger partial charge in [-0.3, -0.25) is 9.59 Å². The minimum Gasteiger partial charge on any atom is -0.339 e. The molecule has 2 amide bonds. The molecule has 0 unspecified atom stereocenters. The molecule has 20 heavy (non-hydrogen) atoms. The van der Waals surface area contributed by atoms with E-state index in [1.165, 1.54) is 0 Å². The Labute approximate surface area is 117 Å². The molecule has 4 nitrogen and oxygen atoms in total. The van der Waals surface area contributed by atoms with Crippen molar-refractivity contribution >= 4 is 11.8 Å². The average molecular weight is 268 g/mol. The van der Waals surface area contributed by atoms with Crippen LogP contribution in [0.1, 0.15) is 13.8 Å². The van der Waals surface area contributed by atoms with Crippen molar-refractivity contribution < 1.29 is 9.59 Å². The Kier molecular flexibility index (Phi) is 4.21. The Balaban J connectivity index is 2.03. The minimum atomic E-state index is -0.603. The van der Waals surface area contributed by atoms with Gasteiger partial charge in [0.15, 0.2) is 0 Å². The van der Waals surface area contributed by atoms with E-state index in [0.717, 1.165) is 0 Å². The van der Waals surface area contributed by atoms with Gasteiger partial charge in [-0.1, -0.05) is 31.7 Å². The summed E-state index contributed by atoms with van der Waals surface area (Å²) in [6.07, 6.45) is 10.3. The molecule has 2 N–H and O–H groups in total. The van der Waals surface area contributed by atoms with E-state index < -0.39 is 6.04 Å². The minimum absolute atomic E-state index is 0.0242. The van der Waals surface area contributed by atoms with Crippen molar-refractivity contribution in [1.82, 2.24) is 10.6 Å². The van der Waals surface area contributed by atoms with Crippen LogP contribution < -0.4 is 10.6 Å². The van der Waals surface area contributed by atoms with Crippen LogP contribution in [0.5, 0.6) is 0 Å². The Morgan fingerprint density at radius 3 is 2.35 bits per heavy atom. The predicted molar refractivity (Wildman–Crippen MR) is 76.4 cm³/mol. The maximum atomic E-state index is 12.2. The van der Waals surface area contributed by atoms with E-state index in [4.69, 9.17) is 0 Å². The number of rotatable bonds is 5. The lowest BCUT2D eigenvalue weighted by Crippen LogP contribution is -2.49. The number of carbonyl (C=O) groups excluding carboxylic acids is 2. The molecular formula is C16H16N2O2. The van der Waals surface area contributed by atoms with Gasteiger partial charge in [-0.2, -0.15) is 0 Å². The SMILES string of the molecule is CC(C)[C@H](NC(=O)C1=C=CC=C1)C(=O)NC1=C=CC=C1. The third-order valence-corrected chi connectivity index (χ3v) is 2.93. The van der Waals surface area contributed by atoms with E-state index in [-0.39, 0.29) is 17.7 Å². The molecular weight excluding hydrogens is 252 g/mol. The molecule has 0 aromatic carbocycles. The first kappa shape index (κ1) is 13.9. The van der Waals surface area contributed by atoms with Crippen LogP contribution in [0, 0.1) is 5.92 Å². The summed E-state index contributed by atoms with van der Waals surface area (Å²) in [5.41, 5.74) is 6.75. The fourth-order valence-electron chi connectivity index (χ4n) is 1.84. The Morgan fingerprint density at radius 2 is 1.80 bits per heavy atom. The van der Waals surface area contributed by atoms with E-state index in [0.29, 0.717) is 11.3 Å². The van der Waals surface area contributed by atoms with Gasteiger partial charge in [0, 0.05) is 0 Å². The monoisotopic (exact) mass is 268 g/mol. The summed E-state index contributed by atoms with van der Waals surface area (Å²) in [5.74, 6) is -0.568. The van der Waals surface area contributed by atoms with Crippen molar-refractivity contribution in [3.05, 3.63) is 59.2 Å². The molecule has 4 heteroatoms. The quantitative estimate of drug-likeness (QED) is 0.742. The maximum absolute atomic E-state index is 12.2. The van der Waals surface area contributed by atoms with E-state index in [2.05, 4.69) is 22.1 Å². The van der Waals surface area contributed by atoms with Crippen molar-refractivity contribution in [2.45, 2.75) is 19.9 Å². The van der Waals surface area contributed by atoms with Crippen LogP contribution in [0.3, 0.4) is 0 Å². The van der Waals surface area contributed by atoms with Gasteiger partial charge in [0.25, 0.3) is 5.91 Å². The molecule has 0 spiro atoms. The Morgan fingerprint density at radius 1 is 1.10 bits per heavy atom. The van der Waals surface area contributed by atoms with Crippen molar-refractivity contribution in [2.75, 3.05) is 0 Å². The summed E-state index contributed by atoms with van der Waals surface area (Å²) in [6, 6.07) is -0.603. The second-order valence-electron chi connectivity index (χ2n) is 4.85. The van der Waals surface area contributed by atoms with Gasteiger partial charge in [0.05, 0.1) is 11.3 Å². The zero-order valence-electron chi connectivity index (χ0n) is 11.4. The first-order chi connectivity index (χ1) is 9.58. The largest absolute Gasteiger partial charge is 0.339 e. The molecule has 102 valence electrons. The molecule has 2 aliphatic carbocycles. The molecule has 0 aliphatic heterocycles. The average Bonchev–Trinajstić information content (AvgIpc) is 3.07. The molecule has 0 saturated carbocycles. The molecule has 0 bridgehead atoms. The number of hydrogen-bond acceptors (Lipinski definition) is 2. The lowest BCUT2D eigenvalue weighted by Gasteiger charge is -2.21.